The normalized spacial score (nSPS) is 13.0. The second-order valence-corrected chi connectivity index (χ2v) is 6.24. The number of aromatic nitrogens is 5. The number of aromatic amines is 1. The average molecular weight is 356 g/mol. The number of rotatable bonds is 5. The van der Waals surface area contributed by atoms with Gasteiger partial charge in [-0.15, -0.1) is 0 Å². The summed E-state index contributed by atoms with van der Waals surface area (Å²) in [6.07, 6.45) is 4.81. The lowest BCUT2D eigenvalue weighted by atomic mass is 10.1. The summed E-state index contributed by atoms with van der Waals surface area (Å²) in [7, 11) is 0. The van der Waals surface area contributed by atoms with Crippen LogP contribution in [0.25, 0.3) is 27.8 Å². The molecule has 0 saturated heterocycles. The Balaban J connectivity index is 1.77. The summed E-state index contributed by atoms with van der Waals surface area (Å²) in [6, 6.07) is 3.85. The lowest BCUT2D eigenvalue weighted by Gasteiger charge is -2.10. The van der Waals surface area contributed by atoms with Crippen LogP contribution in [0.15, 0.2) is 36.9 Å². The topological polar surface area (TPSA) is 70.9 Å². The molecular weight excluding hydrogens is 338 g/mol. The molecule has 0 aliphatic heterocycles. The van der Waals surface area contributed by atoms with Gasteiger partial charge in [0.15, 0.2) is 0 Å². The number of halogens is 2. The highest BCUT2D eigenvalue weighted by atomic mass is 19.3. The number of alkyl halides is 2. The predicted molar refractivity (Wildman–Crippen MR) is 96.4 cm³/mol. The van der Waals surface area contributed by atoms with E-state index in [2.05, 4.69) is 39.1 Å². The zero-order chi connectivity index (χ0) is 18.3. The van der Waals surface area contributed by atoms with Crippen molar-refractivity contribution in [2.45, 2.75) is 32.7 Å². The van der Waals surface area contributed by atoms with E-state index >= 15 is 0 Å². The molecular formula is C18H18F2N6. The van der Waals surface area contributed by atoms with Gasteiger partial charge in [0, 0.05) is 41.1 Å². The first-order chi connectivity index (χ1) is 12.6. The molecule has 0 amide bonds. The quantitative estimate of drug-likeness (QED) is 0.555. The summed E-state index contributed by atoms with van der Waals surface area (Å²) >= 11 is 0. The summed E-state index contributed by atoms with van der Waals surface area (Å²) < 4.78 is 27.7. The van der Waals surface area contributed by atoms with Crippen molar-refractivity contribution in [2.24, 2.45) is 0 Å². The predicted octanol–water partition coefficient (Wildman–Crippen LogP) is 4.42. The van der Waals surface area contributed by atoms with Gasteiger partial charge in [0.05, 0.1) is 6.20 Å². The van der Waals surface area contributed by atoms with E-state index in [1.165, 1.54) is 10.6 Å². The zero-order valence-electron chi connectivity index (χ0n) is 14.4. The molecule has 6 nitrogen and oxygen atoms in total. The second-order valence-electron chi connectivity index (χ2n) is 6.24. The number of fused-ring (bicyclic) bond motifs is 2. The summed E-state index contributed by atoms with van der Waals surface area (Å²) in [5.74, 6) is 0.560. The maximum Gasteiger partial charge on any atom is 0.280 e. The standard InChI is InChI=1S/C18H18F2N6/c1-3-10(2)24-18-23-7-13-12(6-22-17(13)25-18)11-4-5-15-21-8-14(16(19)20)26(15)9-11/h4-10,16H,3H2,1-2H3,(H2,22,23,24,25)/t10-/m0/s1. The van der Waals surface area contributed by atoms with Crippen LogP contribution in [0.3, 0.4) is 0 Å². The fourth-order valence-corrected chi connectivity index (χ4v) is 2.86. The van der Waals surface area contributed by atoms with Crippen molar-refractivity contribution in [3.63, 3.8) is 0 Å². The minimum Gasteiger partial charge on any atom is -0.352 e. The lowest BCUT2D eigenvalue weighted by molar-refractivity contribution is 0.145. The van der Waals surface area contributed by atoms with Crippen molar-refractivity contribution < 1.29 is 8.78 Å². The van der Waals surface area contributed by atoms with E-state index in [0.29, 0.717) is 17.2 Å². The molecule has 0 saturated carbocycles. The van der Waals surface area contributed by atoms with E-state index in [-0.39, 0.29) is 11.7 Å². The van der Waals surface area contributed by atoms with Crippen molar-refractivity contribution in [2.75, 3.05) is 5.32 Å². The molecule has 4 rings (SSSR count). The number of imidazole rings is 1. The molecule has 8 heteroatoms. The van der Waals surface area contributed by atoms with Gasteiger partial charge in [0.25, 0.3) is 6.43 Å². The fraction of sp³-hybridized carbons (Fsp3) is 0.278. The minimum absolute atomic E-state index is 0.127. The Morgan fingerprint density at radius 2 is 2.08 bits per heavy atom. The minimum atomic E-state index is -2.58. The molecule has 26 heavy (non-hydrogen) atoms. The van der Waals surface area contributed by atoms with Crippen molar-refractivity contribution in [3.05, 3.63) is 42.6 Å². The fourth-order valence-electron chi connectivity index (χ4n) is 2.86. The average Bonchev–Trinajstić information content (AvgIpc) is 3.24. The molecule has 0 aromatic carbocycles. The Kier molecular flexibility index (Phi) is 4.02. The van der Waals surface area contributed by atoms with Crippen LogP contribution in [0, 0.1) is 0 Å². The number of H-pyrrole nitrogens is 1. The van der Waals surface area contributed by atoms with E-state index in [4.69, 9.17) is 0 Å². The maximum absolute atomic E-state index is 13.1. The molecule has 0 spiro atoms. The largest absolute Gasteiger partial charge is 0.352 e. The first kappa shape index (κ1) is 16.4. The summed E-state index contributed by atoms with van der Waals surface area (Å²) in [4.78, 5) is 16.0. The highest BCUT2D eigenvalue weighted by molar-refractivity contribution is 5.93. The first-order valence-electron chi connectivity index (χ1n) is 8.43. The number of pyridine rings is 1. The Morgan fingerprint density at radius 3 is 2.85 bits per heavy atom. The third-order valence-electron chi connectivity index (χ3n) is 4.49. The van der Waals surface area contributed by atoms with Gasteiger partial charge >= 0.3 is 0 Å². The molecule has 0 aliphatic carbocycles. The number of nitrogens with zero attached hydrogens (tertiary/aromatic N) is 4. The Bertz CT molecular complexity index is 1070. The van der Waals surface area contributed by atoms with E-state index in [1.807, 2.05) is 12.3 Å². The Morgan fingerprint density at radius 1 is 1.23 bits per heavy atom. The van der Waals surface area contributed by atoms with Crippen molar-refractivity contribution >= 4 is 22.6 Å². The molecule has 0 radical (unpaired) electrons. The monoisotopic (exact) mass is 356 g/mol. The van der Waals surface area contributed by atoms with Crippen LogP contribution in [0.2, 0.25) is 0 Å². The van der Waals surface area contributed by atoms with Crippen LogP contribution < -0.4 is 5.32 Å². The molecule has 0 fully saturated rings. The summed E-state index contributed by atoms with van der Waals surface area (Å²) in [6.45, 7) is 4.15. The van der Waals surface area contributed by atoms with Crippen LogP contribution in [0.5, 0.6) is 0 Å². The van der Waals surface area contributed by atoms with Crippen LogP contribution in [-0.2, 0) is 0 Å². The van der Waals surface area contributed by atoms with Crippen molar-refractivity contribution in [3.8, 4) is 11.1 Å². The van der Waals surface area contributed by atoms with E-state index in [9.17, 15) is 8.78 Å². The third kappa shape index (κ3) is 2.77. The number of anilines is 1. The zero-order valence-corrected chi connectivity index (χ0v) is 14.4. The van der Waals surface area contributed by atoms with Crippen molar-refractivity contribution in [1.82, 2.24) is 24.3 Å². The molecule has 2 N–H and O–H groups in total. The van der Waals surface area contributed by atoms with Crippen LogP contribution in [0.1, 0.15) is 32.4 Å². The van der Waals surface area contributed by atoms with Crippen LogP contribution in [-0.4, -0.2) is 30.4 Å². The van der Waals surface area contributed by atoms with Gasteiger partial charge in [-0.3, -0.25) is 4.40 Å². The Hall–Kier alpha value is -3.03. The molecule has 134 valence electrons. The summed E-state index contributed by atoms with van der Waals surface area (Å²) in [5.41, 5.74) is 2.69. The molecule has 4 heterocycles. The maximum atomic E-state index is 13.1. The van der Waals surface area contributed by atoms with Crippen molar-refractivity contribution in [1.29, 1.82) is 0 Å². The van der Waals surface area contributed by atoms with Gasteiger partial charge in [0.2, 0.25) is 5.95 Å². The first-order valence-corrected chi connectivity index (χ1v) is 8.43. The van der Waals surface area contributed by atoms with E-state index < -0.39 is 6.43 Å². The smallest absolute Gasteiger partial charge is 0.280 e. The van der Waals surface area contributed by atoms with E-state index in [0.717, 1.165) is 22.9 Å². The Labute approximate surface area is 148 Å². The van der Waals surface area contributed by atoms with Crippen LogP contribution in [0.4, 0.5) is 14.7 Å². The van der Waals surface area contributed by atoms with Crippen LogP contribution >= 0.6 is 0 Å². The summed E-state index contributed by atoms with van der Waals surface area (Å²) in [5, 5.41) is 4.07. The molecule has 0 unspecified atom stereocenters. The second kappa shape index (κ2) is 6.36. The number of hydrogen-bond donors (Lipinski definition) is 2. The van der Waals surface area contributed by atoms with Gasteiger partial charge < -0.3 is 10.3 Å². The number of nitrogens with one attached hydrogen (secondary N) is 2. The highest BCUT2D eigenvalue weighted by Gasteiger charge is 2.15. The third-order valence-corrected chi connectivity index (χ3v) is 4.49. The van der Waals surface area contributed by atoms with Gasteiger partial charge in [-0.25, -0.2) is 18.7 Å². The van der Waals surface area contributed by atoms with E-state index in [1.54, 1.807) is 18.5 Å². The van der Waals surface area contributed by atoms with Gasteiger partial charge in [-0.05, 0) is 25.5 Å². The van der Waals surface area contributed by atoms with Gasteiger partial charge in [-0.2, -0.15) is 4.98 Å². The van der Waals surface area contributed by atoms with Gasteiger partial charge in [-0.1, -0.05) is 6.92 Å². The molecule has 0 aliphatic rings. The highest BCUT2D eigenvalue weighted by Crippen LogP contribution is 2.29. The number of hydrogen-bond acceptors (Lipinski definition) is 4. The molecule has 1 atom stereocenters. The lowest BCUT2D eigenvalue weighted by Crippen LogP contribution is -2.15. The molecule has 4 aromatic heterocycles. The molecule has 0 bridgehead atoms. The SMILES string of the molecule is CC[C@H](C)Nc1ncc2c(-c3ccc4ncc(C(F)F)n4c3)c[nH]c2n1. The van der Waals surface area contributed by atoms with Gasteiger partial charge in [0.1, 0.15) is 17.0 Å². The molecule has 4 aromatic rings.